The van der Waals surface area contributed by atoms with Crippen molar-refractivity contribution in [1.29, 1.82) is 0 Å². The Hall–Kier alpha value is -0.0800. The summed E-state index contributed by atoms with van der Waals surface area (Å²) < 4.78 is 0. The molecular weight excluding hydrogens is 114 g/mol. The normalized spacial score (nSPS) is 15.7. The summed E-state index contributed by atoms with van der Waals surface area (Å²) in [5, 5.41) is 12.2. The van der Waals surface area contributed by atoms with Crippen LogP contribution >= 0.6 is 0 Å². The molecule has 1 atom stereocenters. The molecule has 0 saturated carbocycles. The van der Waals surface area contributed by atoms with Crippen molar-refractivity contribution in [3.8, 4) is 0 Å². The zero-order chi connectivity index (χ0) is 7.49. The predicted octanol–water partition coefficient (Wildman–Crippen LogP) is 0.613. The van der Waals surface area contributed by atoms with Gasteiger partial charge in [-0.3, -0.25) is 0 Å². The van der Waals surface area contributed by atoms with Gasteiger partial charge in [0.1, 0.15) is 0 Å². The van der Waals surface area contributed by atoms with Gasteiger partial charge in [-0.2, -0.15) is 0 Å². The third-order valence-electron chi connectivity index (χ3n) is 1.40. The molecular formula is C7H17NO. The van der Waals surface area contributed by atoms with E-state index < -0.39 is 0 Å². The molecule has 2 N–H and O–H groups in total. The summed E-state index contributed by atoms with van der Waals surface area (Å²) in [4.78, 5) is 0. The maximum Gasteiger partial charge on any atom is 0.0712 e. The highest BCUT2D eigenvalue weighted by Gasteiger charge is 2.20. The van der Waals surface area contributed by atoms with Crippen LogP contribution in [0.15, 0.2) is 0 Å². The highest BCUT2D eigenvalue weighted by molar-refractivity contribution is 4.73. The Bertz CT molecular complexity index is 75.5. The Kier molecular flexibility index (Phi) is 3.15. The van der Waals surface area contributed by atoms with E-state index in [0.29, 0.717) is 6.54 Å². The summed E-state index contributed by atoms with van der Waals surface area (Å²) in [5.41, 5.74) is 0.00299. The van der Waals surface area contributed by atoms with E-state index in [9.17, 15) is 5.11 Å². The lowest BCUT2D eigenvalue weighted by Crippen LogP contribution is -2.34. The van der Waals surface area contributed by atoms with E-state index >= 15 is 0 Å². The third kappa shape index (κ3) is 3.49. The second-order valence-electron chi connectivity index (χ2n) is 3.44. The monoisotopic (exact) mass is 131 g/mol. The van der Waals surface area contributed by atoms with Crippen LogP contribution in [0.4, 0.5) is 0 Å². The van der Waals surface area contributed by atoms with Crippen molar-refractivity contribution in [2.24, 2.45) is 5.41 Å². The van der Waals surface area contributed by atoms with E-state index in [0.717, 1.165) is 0 Å². The van der Waals surface area contributed by atoms with Gasteiger partial charge in [0.15, 0.2) is 0 Å². The van der Waals surface area contributed by atoms with Crippen LogP contribution in [0.25, 0.3) is 0 Å². The minimum Gasteiger partial charge on any atom is -0.391 e. The summed E-state index contributed by atoms with van der Waals surface area (Å²) >= 11 is 0. The van der Waals surface area contributed by atoms with Crippen molar-refractivity contribution in [1.82, 2.24) is 5.32 Å². The first-order valence-corrected chi connectivity index (χ1v) is 3.31. The molecule has 0 heterocycles. The molecule has 0 aliphatic heterocycles. The van der Waals surface area contributed by atoms with Crippen molar-refractivity contribution in [3.63, 3.8) is 0 Å². The van der Waals surface area contributed by atoms with E-state index in [2.05, 4.69) is 5.32 Å². The summed E-state index contributed by atoms with van der Waals surface area (Å²) in [6.45, 7) is 6.74. The summed E-state index contributed by atoms with van der Waals surface area (Å²) in [5.74, 6) is 0. The lowest BCUT2D eigenvalue weighted by Gasteiger charge is -2.25. The lowest BCUT2D eigenvalue weighted by atomic mass is 9.89. The largest absolute Gasteiger partial charge is 0.391 e. The molecule has 56 valence electrons. The molecule has 0 aromatic heterocycles. The first-order chi connectivity index (χ1) is 3.98. The van der Waals surface area contributed by atoms with Gasteiger partial charge in [-0.25, -0.2) is 0 Å². The Morgan fingerprint density at radius 1 is 1.44 bits per heavy atom. The van der Waals surface area contributed by atoms with Crippen LogP contribution in [0.3, 0.4) is 0 Å². The minimum absolute atomic E-state index is 0.00299. The smallest absolute Gasteiger partial charge is 0.0712 e. The maximum absolute atomic E-state index is 9.32. The number of hydrogen-bond acceptors (Lipinski definition) is 2. The molecule has 0 spiro atoms. The Morgan fingerprint density at radius 3 is 2.00 bits per heavy atom. The summed E-state index contributed by atoms with van der Waals surface area (Å²) in [7, 11) is 1.84. The molecule has 9 heavy (non-hydrogen) atoms. The van der Waals surface area contributed by atoms with E-state index in [4.69, 9.17) is 0 Å². The van der Waals surface area contributed by atoms with Gasteiger partial charge in [0.2, 0.25) is 0 Å². The predicted molar refractivity (Wildman–Crippen MR) is 39.4 cm³/mol. The summed E-state index contributed by atoms with van der Waals surface area (Å²) in [6, 6.07) is 0. The molecule has 2 nitrogen and oxygen atoms in total. The Morgan fingerprint density at radius 2 is 1.89 bits per heavy atom. The van der Waals surface area contributed by atoms with Crippen LogP contribution in [0, 0.1) is 5.41 Å². The van der Waals surface area contributed by atoms with Crippen LogP contribution in [0.2, 0.25) is 0 Å². The van der Waals surface area contributed by atoms with Gasteiger partial charge >= 0.3 is 0 Å². The average molecular weight is 131 g/mol. The van der Waals surface area contributed by atoms with Crippen molar-refractivity contribution in [2.45, 2.75) is 26.9 Å². The molecule has 0 aromatic carbocycles. The van der Waals surface area contributed by atoms with Gasteiger partial charge in [-0.15, -0.1) is 0 Å². The number of hydrogen-bond donors (Lipinski definition) is 2. The van der Waals surface area contributed by atoms with Gasteiger partial charge in [0, 0.05) is 6.54 Å². The zero-order valence-corrected chi connectivity index (χ0v) is 6.73. The van der Waals surface area contributed by atoms with Gasteiger partial charge < -0.3 is 10.4 Å². The van der Waals surface area contributed by atoms with Gasteiger partial charge in [-0.05, 0) is 12.5 Å². The number of aliphatic hydroxyl groups excluding tert-OH is 1. The van der Waals surface area contributed by atoms with Crippen LogP contribution in [0.1, 0.15) is 20.8 Å². The van der Waals surface area contributed by atoms with Crippen molar-refractivity contribution < 1.29 is 5.11 Å². The average Bonchev–Trinajstić information content (AvgIpc) is 1.64. The molecule has 0 radical (unpaired) electrons. The second kappa shape index (κ2) is 3.18. The Labute approximate surface area is 57.3 Å². The maximum atomic E-state index is 9.32. The molecule has 0 aliphatic rings. The standard InChI is InChI=1S/C7H17NO/c1-7(2,3)6(9)5-8-4/h6,8-9H,5H2,1-4H3. The minimum atomic E-state index is -0.248. The first-order valence-electron chi connectivity index (χ1n) is 3.31. The van der Waals surface area contributed by atoms with Crippen LogP contribution < -0.4 is 5.32 Å². The van der Waals surface area contributed by atoms with Crippen molar-refractivity contribution >= 4 is 0 Å². The molecule has 0 amide bonds. The van der Waals surface area contributed by atoms with Crippen LogP contribution in [-0.4, -0.2) is 24.8 Å². The fourth-order valence-corrected chi connectivity index (χ4v) is 0.500. The SMILES string of the molecule is CNCC(O)C(C)(C)C. The highest BCUT2D eigenvalue weighted by Crippen LogP contribution is 2.17. The third-order valence-corrected chi connectivity index (χ3v) is 1.40. The van der Waals surface area contributed by atoms with E-state index in [1.165, 1.54) is 0 Å². The number of rotatable bonds is 2. The number of aliphatic hydroxyl groups is 1. The molecule has 0 bridgehead atoms. The van der Waals surface area contributed by atoms with Crippen molar-refractivity contribution in [2.75, 3.05) is 13.6 Å². The second-order valence-corrected chi connectivity index (χ2v) is 3.44. The molecule has 0 saturated heterocycles. The fraction of sp³-hybridized carbons (Fsp3) is 1.00. The van der Waals surface area contributed by atoms with E-state index in [-0.39, 0.29) is 11.5 Å². The van der Waals surface area contributed by atoms with Crippen LogP contribution in [0.5, 0.6) is 0 Å². The van der Waals surface area contributed by atoms with Crippen molar-refractivity contribution in [3.05, 3.63) is 0 Å². The summed E-state index contributed by atoms with van der Waals surface area (Å²) in [6.07, 6.45) is -0.248. The van der Waals surface area contributed by atoms with Gasteiger partial charge in [0.05, 0.1) is 6.10 Å². The fourth-order valence-electron chi connectivity index (χ4n) is 0.500. The molecule has 0 aliphatic carbocycles. The molecule has 0 aromatic rings. The van der Waals surface area contributed by atoms with E-state index in [1.807, 2.05) is 27.8 Å². The quantitative estimate of drug-likeness (QED) is 0.575. The van der Waals surface area contributed by atoms with Crippen LogP contribution in [-0.2, 0) is 0 Å². The van der Waals surface area contributed by atoms with Gasteiger partial charge in [0.25, 0.3) is 0 Å². The van der Waals surface area contributed by atoms with E-state index in [1.54, 1.807) is 0 Å². The topological polar surface area (TPSA) is 32.3 Å². The lowest BCUT2D eigenvalue weighted by molar-refractivity contribution is 0.0648. The molecule has 0 rings (SSSR count). The number of nitrogens with one attached hydrogen (secondary N) is 1. The number of likely N-dealkylation sites (N-methyl/N-ethyl adjacent to an activating group) is 1. The Balaban J connectivity index is 3.59. The molecule has 2 heteroatoms. The van der Waals surface area contributed by atoms with Gasteiger partial charge in [-0.1, -0.05) is 20.8 Å². The first kappa shape index (κ1) is 8.92. The zero-order valence-electron chi connectivity index (χ0n) is 6.73. The highest BCUT2D eigenvalue weighted by atomic mass is 16.3. The molecule has 0 fully saturated rings. The molecule has 1 unspecified atom stereocenters.